The number of carbonyl (C=O) groups is 1. The Kier molecular flexibility index (Phi) is 7.13. The Morgan fingerprint density at radius 3 is 2.73 bits per heavy atom. The van der Waals surface area contributed by atoms with E-state index in [1.807, 2.05) is 35.2 Å². The van der Waals surface area contributed by atoms with Crippen molar-refractivity contribution in [2.24, 2.45) is 0 Å². The molecule has 0 radical (unpaired) electrons. The van der Waals surface area contributed by atoms with Crippen LogP contribution < -0.4 is 10.9 Å². The predicted molar refractivity (Wildman–Crippen MR) is 151 cm³/mol. The second-order valence-corrected chi connectivity index (χ2v) is 11.9. The summed E-state index contributed by atoms with van der Waals surface area (Å²) < 4.78 is 3.04. The van der Waals surface area contributed by atoms with Gasteiger partial charge in [-0.25, -0.2) is 4.98 Å². The summed E-state index contributed by atoms with van der Waals surface area (Å²) in [5.74, 6) is 0.0758. The number of para-hydroxylation sites is 1. The topological polar surface area (TPSA) is 67.2 Å². The molecule has 8 heteroatoms. The Balaban J connectivity index is 1.14. The molecule has 2 aromatic heterocycles. The summed E-state index contributed by atoms with van der Waals surface area (Å²) in [6.07, 6.45) is 4.62. The van der Waals surface area contributed by atoms with Gasteiger partial charge in [0.15, 0.2) is 5.16 Å². The van der Waals surface area contributed by atoms with Gasteiger partial charge in [0, 0.05) is 42.4 Å². The average Bonchev–Trinajstić information content (AvgIpc) is 3.32. The van der Waals surface area contributed by atoms with Crippen LogP contribution in [0.1, 0.15) is 42.5 Å². The number of nitrogens with zero attached hydrogens (tertiary/aromatic N) is 3. The van der Waals surface area contributed by atoms with Crippen molar-refractivity contribution in [1.82, 2.24) is 19.8 Å². The van der Waals surface area contributed by atoms with Crippen molar-refractivity contribution < 1.29 is 4.79 Å². The van der Waals surface area contributed by atoms with E-state index in [1.54, 1.807) is 27.7 Å². The summed E-state index contributed by atoms with van der Waals surface area (Å²) >= 11 is 3.47. The third-order valence-corrected chi connectivity index (χ3v) is 9.58. The van der Waals surface area contributed by atoms with E-state index < -0.39 is 0 Å². The normalized spacial score (nSPS) is 15.5. The van der Waals surface area contributed by atoms with Gasteiger partial charge in [0.1, 0.15) is 0 Å². The molecule has 1 aliphatic heterocycles. The first-order valence-electron chi connectivity index (χ1n) is 13.0. The van der Waals surface area contributed by atoms with Crippen LogP contribution in [0.25, 0.3) is 15.8 Å². The van der Waals surface area contributed by atoms with Gasteiger partial charge in [0.05, 0.1) is 23.5 Å². The molecule has 1 fully saturated rings. The van der Waals surface area contributed by atoms with Crippen molar-refractivity contribution in [3.05, 3.63) is 87.2 Å². The van der Waals surface area contributed by atoms with Crippen LogP contribution >= 0.6 is 23.1 Å². The highest BCUT2D eigenvalue weighted by molar-refractivity contribution is 7.99. The zero-order valence-electron chi connectivity index (χ0n) is 20.7. The van der Waals surface area contributed by atoms with E-state index in [-0.39, 0.29) is 11.5 Å². The second-order valence-electron chi connectivity index (χ2n) is 9.72. The number of thiophene rings is 1. The maximum Gasteiger partial charge on any atom is 0.264 e. The van der Waals surface area contributed by atoms with E-state index in [9.17, 15) is 9.59 Å². The van der Waals surface area contributed by atoms with Crippen LogP contribution in [-0.4, -0.2) is 38.7 Å². The van der Waals surface area contributed by atoms with Crippen LogP contribution in [0.4, 0.5) is 0 Å². The third kappa shape index (κ3) is 5.10. The largest absolute Gasteiger partial charge is 0.338 e. The fourth-order valence-corrected chi connectivity index (χ4v) is 7.22. The van der Waals surface area contributed by atoms with E-state index in [2.05, 4.69) is 35.0 Å². The van der Waals surface area contributed by atoms with Crippen molar-refractivity contribution in [3.63, 3.8) is 0 Å². The van der Waals surface area contributed by atoms with Gasteiger partial charge in [-0.1, -0.05) is 54.6 Å². The standard InChI is InChI=1S/C29H30N4O2S2/c34-27(13-15-30-17-20-19-36-26-12-5-4-11-23(20)26)32-16-14-25-24(18-32)28(35)33(21-7-2-1-3-8-21)29(31-25)37-22-9-6-10-22/h1-5,7-8,11-12,19,22,30H,6,9-10,13-18H2. The van der Waals surface area contributed by atoms with Crippen molar-refractivity contribution in [1.29, 1.82) is 0 Å². The summed E-state index contributed by atoms with van der Waals surface area (Å²) in [5, 5.41) is 8.19. The van der Waals surface area contributed by atoms with Gasteiger partial charge >= 0.3 is 0 Å². The molecule has 2 aromatic carbocycles. The van der Waals surface area contributed by atoms with Gasteiger partial charge in [-0.15, -0.1) is 11.3 Å². The number of rotatable bonds is 8. The summed E-state index contributed by atoms with van der Waals surface area (Å²) in [4.78, 5) is 33.6. The fraction of sp³-hybridized carbons (Fsp3) is 0.345. The summed E-state index contributed by atoms with van der Waals surface area (Å²) in [5.41, 5.74) is 3.56. The molecule has 6 rings (SSSR count). The van der Waals surface area contributed by atoms with Gasteiger partial charge in [0.25, 0.3) is 5.56 Å². The Morgan fingerprint density at radius 1 is 1.11 bits per heavy atom. The molecular formula is C29H30N4O2S2. The molecule has 1 amide bonds. The Morgan fingerprint density at radius 2 is 1.92 bits per heavy atom. The van der Waals surface area contributed by atoms with Crippen molar-refractivity contribution >= 4 is 39.1 Å². The smallest absolute Gasteiger partial charge is 0.264 e. The monoisotopic (exact) mass is 530 g/mol. The highest BCUT2D eigenvalue weighted by Crippen LogP contribution is 2.36. The van der Waals surface area contributed by atoms with Crippen molar-refractivity contribution in [3.8, 4) is 5.69 Å². The minimum absolute atomic E-state index is 0.0435. The Labute approximate surface area is 224 Å². The lowest BCUT2D eigenvalue weighted by Gasteiger charge is -2.30. The number of hydrogen-bond donors (Lipinski definition) is 1. The van der Waals surface area contributed by atoms with Crippen LogP contribution in [0.3, 0.4) is 0 Å². The first kappa shape index (κ1) is 24.4. The number of amides is 1. The molecule has 1 saturated carbocycles. The van der Waals surface area contributed by atoms with Crippen LogP contribution in [0.5, 0.6) is 0 Å². The highest BCUT2D eigenvalue weighted by atomic mass is 32.2. The molecule has 1 aliphatic carbocycles. The molecule has 0 unspecified atom stereocenters. The first-order valence-corrected chi connectivity index (χ1v) is 14.7. The molecule has 2 aliphatic rings. The molecule has 190 valence electrons. The van der Waals surface area contributed by atoms with Crippen LogP contribution in [0.15, 0.2) is 69.9 Å². The first-order chi connectivity index (χ1) is 18.2. The van der Waals surface area contributed by atoms with Gasteiger partial charge in [-0.2, -0.15) is 0 Å². The highest BCUT2D eigenvalue weighted by Gasteiger charge is 2.28. The lowest BCUT2D eigenvalue weighted by atomic mass is 10.0. The summed E-state index contributed by atoms with van der Waals surface area (Å²) in [6.45, 7) is 2.29. The maximum atomic E-state index is 13.8. The van der Waals surface area contributed by atoms with E-state index in [1.165, 1.54) is 34.9 Å². The van der Waals surface area contributed by atoms with Crippen LogP contribution in [-0.2, 0) is 24.3 Å². The second kappa shape index (κ2) is 10.8. The molecule has 0 atom stereocenters. The van der Waals surface area contributed by atoms with E-state index >= 15 is 0 Å². The van der Waals surface area contributed by atoms with Crippen LogP contribution in [0, 0.1) is 0 Å². The molecule has 3 heterocycles. The number of aromatic nitrogens is 2. The molecule has 37 heavy (non-hydrogen) atoms. The molecule has 0 bridgehead atoms. The number of thioether (sulfide) groups is 1. The van der Waals surface area contributed by atoms with Crippen molar-refractivity contribution in [2.75, 3.05) is 13.1 Å². The Bertz CT molecular complexity index is 1480. The van der Waals surface area contributed by atoms with Gasteiger partial charge in [0.2, 0.25) is 5.91 Å². The maximum absolute atomic E-state index is 13.8. The number of benzene rings is 2. The number of nitrogens with one attached hydrogen (secondary N) is 1. The zero-order valence-corrected chi connectivity index (χ0v) is 22.3. The minimum atomic E-state index is -0.0435. The van der Waals surface area contributed by atoms with Crippen LogP contribution in [0.2, 0.25) is 0 Å². The molecule has 1 N–H and O–H groups in total. The SMILES string of the molecule is O=C(CCNCc1csc2ccccc12)N1CCc2nc(SC3CCC3)n(-c3ccccc3)c(=O)c2C1. The van der Waals surface area contributed by atoms with E-state index in [4.69, 9.17) is 4.98 Å². The van der Waals surface area contributed by atoms with E-state index in [0.717, 1.165) is 23.1 Å². The van der Waals surface area contributed by atoms with Crippen molar-refractivity contribution in [2.45, 2.75) is 55.6 Å². The minimum Gasteiger partial charge on any atom is -0.338 e. The zero-order chi connectivity index (χ0) is 25.2. The lowest BCUT2D eigenvalue weighted by Crippen LogP contribution is -2.42. The van der Waals surface area contributed by atoms with Gasteiger partial charge < -0.3 is 10.2 Å². The molecule has 6 nitrogen and oxygen atoms in total. The quantitative estimate of drug-likeness (QED) is 0.252. The Hall–Kier alpha value is -2.94. The predicted octanol–water partition coefficient (Wildman–Crippen LogP) is 5.16. The molecule has 4 aromatic rings. The average molecular weight is 531 g/mol. The molecular weight excluding hydrogens is 500 g/mol. The fourth-order valence-electron chi connectivity index (χ4n) is 4.94. The number of hydrogen-bond acceptors (Lipinski definition) is 6. The molecule has 0 saturated heterocycles. The van der Waals surface area contributed by atoms with Gasteiger partial charge in [-0.3, -0.25) is 14.2 Å². The van der Waals surface area contributed by atoms with E-state index in [0.29, 0.717) is 43.3 Å². The number of carbonyl (C=O) groups excluding carboxylic acids is 1. The lowest BCUT2D eigenvalue weighted by molar-refractivity contribution is -0.132. The summed E-state index contributed by atoms with van der Waals surface area (Å²) in [7, 11) is 0. The summed E-state index contributed by atoms with van der Waals surface area (Å²) in [6, 6.07) is 18.1. The van der Waals surface area contributed by atoms with Gasteiger partial charge in [-0.05, 0) is 47.4 Å². The third-order valence-electron chi connectivity index (χ3n) is 7.28. The number of fused-ring (bicyclic) bond motifs is 2. The molecule has 0 spiro atoms.